The summed E-state index contributed by atoms with van der Waals surface area (Å²) in [6.07, 6.45) is 0. The first-order valence-corrected chi connectivity index (χ1v) is 10.8. The van der Waals surface area contributed by atoms with Crippen LogP contribution >= 0.6 is 12.4 Å². The molecule has 0 heterocycles. The standard InChI is InChI=1S/C12H17AsN2O4.ClH/c1-13(2)6-7-14(3)9-4-5-10(12(16)17)11(8-9)15(18)19;/h4-5,8H,6-7H2,1-3H3,(H,16,17);1H. The number of carboxylic acid groups (broad SMARTS) is 1. The number of benzene rings is 1. The maximum Gasteiger partial charge on any atom is -0.147 e. The SMILES string of the molecule is CN(CC[As](C)C)c1ccc(C(=O)O)c([N+](=O)[O-])c1.Cl. The molecule has 0 saturated carbocycles. The molecule has 6 nitrogen and oxygen atoms in total. The molecule has 112 valence electrons. The van der Waals surface area contributed by atoms with Crippen LogP contribution in [0.2, 0.25) is 16.6 Å². The third-order valence-electron chi connectivity index (χ3n) is 2.73. The number of hydrogen-bond acceptors (Lipinski definition) is 4. The van der Waals surface area contributed by atoms with Crippen LogP contribution in [-0.4, -0.2) is 44.2 Å². The fourth-order valence-corrected chi connectivity index (χ4v) is 3.04. The number of carboxylic acids is 1. The molecule has 0 fully saturated rings. The first-order chi connectivity index (χ1) is 8.82. The van der Waals surface area contributed by atoms with Gasteiger partial charge in [0, 0.05) is 0 Å². The summed E-state index contributed by atoms with van der Waals surface area (Å²) in [4.78, 5) is 23.1. The maximum atomic E-state index is 10.9. The van der Waals surface area contributed by atoms with Gasteiger partial charge in [0.2, 0.25) is 0 Å². The van der Waals surface area contributed by atoms with E-state index in [2.05, 4.69) is 11.4 Å². The van der Waals surface area contributed by atoms with Gasteiger partial charge < -0.3 is 0 Å². The first-order valence-electron chi connectivity index (χ1n) is 5.70. The van der Waals surface area contributed by atoms with Crippen molar-refractivity contribution < 1.29 is 14.8 Å². The fourth-order valence-electron chi connectivity index (χ4n) is 1.57. The molecule has 20 heavy (non-hydrogen) atoms. The summed E-state index contributed by atoms with van der Waals surface area (Å²) < 4.78 is 0. The van der Waals surface area contributed by atoms with E-state index in [9.17, 15) is 14.9 Å². The van der Waals surface area contributed by atoms with Crippen LogP contribution in [0.25, 0.3) is 0 Å². The van der Waals surface area contributed by atoms with Crippen LogP contribution < -0.4 is 4.90 Å². The first kappa shape index (κ1) is 18.7. The average Bonchev–Trinajstić information content (AvgIpc) is 2.34. The average molecular weight is 365 g/mol. The molecular formula is C12H18AsClN2O4. The molecule has 1 rings (SSSR count). The molecular weight excluding hydrogens is 347 g/mol. The number of aromatic carboxylic acids is 1. The van der Waals surface area contributed by atoms with Gasteiger partial charge in [-0.25, -0.2) is 0 Å². The number of hydrogen-bond donors (Lipinski definition) is 1. The Labute approximate surface area is 128 Å². The summed E-state index contributed by atoms with van der Waals surface area (Å²) in [5, 5.41) is 20.9. The molecule has 0 bridgehead atoms. The second-order valence-electron chi connectivity index (χ2n) is 4.49. The molecule has 0 aromatic heterocycles. The largest absolute Gasteiger partial charge is 0.147 e. The molecule has 1 aromatic rings. The van der Waals surface area contributed by atoms with Crippen LogP contribution in [0.1, 0.15) is 10.4 Å². The van der Waals surface area contributed by atoms with Crippen molar-refractivity contribution >= 4 is 44.4 Å². The van der Waals surface area contributed by atoms with Crippen molar-refractivity contribution in [2.75, 3.05) is 18.5 Å². The zero-order chi connectivity index (χ0) is 14.6. The van der Waals surface area contributed by atoms with Crippen molar-refractivity contribution in [1.29, 1.82) is 0 Å². The quantitative estimate of drug-likeness (QED) is 0.476. The molecule has 0 amide bonds. The van der Waals surface area contributed by atoms with Crippen molar-refractivity contribution in [2.24, 2.45) is 0 Å². The van der Waals surface area contributed by atoms with Crippen molar-refractivity contribution in [3.8, 4) is 0 Å². The number of halogens is 1. The number of nitro benzene ring substituents is 1. The van der Waals surface area contributed by atoms with Crippen molar-refractivity contribution in [3.05, 3.63) is 33.9 Å². The van der Waals surface area contributed by atoms with Gasteiger partial charge in [-0.15, -0.1) is 12.4 Å². The van der Waals surface area contributed by atoms with E-state index in [1.807, 2.05) is 11.9 Å². The Hall–Kier alpha value is -1.26. The van der Waals surface area contributed by atoms with E-state index in [0.29, 0.717) is 5.69 Å². The molecule has 0 saturated heterocycles. The Balaban J connectivity index is 0.00000361. The molecule has 0 aliphatic rings. The predicted molar refractivity (Wildman–Crippen MR) is 82.9 cm³/mol. The van der Waals surface area contributed by atoms with Crippen molar-refractivity contribution in [2.45, 2.75) is 16.6 Å². The minimum absolute atomic E-state index is 0. The zero-order valence-corrected chi connectivity index (χ0v) is 14.3. The Bertz CT molecular complexity index is 496. The molecule has 0 aliphatic heterocycles. The normalized spacial score (nSPS) is 10.0. The second kappa shape index (κ2) is 8.12. The van der Waals surface area contributed by atoms with E-state index in [1.54, 1.807) is 6.07 Å². The van der Waals surface area contributed by atoms with Gasteiger partial charge >= 0.3 is 116 Å². The zero-order valence-electron chi connectivity index (χ0n) is 11.6. The van der Waals surface area contributed by atoms with E-state index in [-0.39, 0.29) is 23.7 Å². The molecule has 8 heteroatoms. The topological polar surface area (TPSA) is 83.7 Å². The predicted octanol–water partition coefficient (Wildman–Crippen LogP) is 2.91. The number of nitro groups is 1. The summed E-state index contributed by atoms with van der Waals surface area (Å²) in [6.45, 7) is 0.830. The molecule has 1 aromatic carbocycles. The smallest absolute Gasteiger partial charge is 0.147 e. The van der Waals surface area contributed by atoms with E-state index >= 15 is 0 Å². The Morgan fingerprint density at radius 2 is 2.05 bits per heavy atom. The Kier molecular flexibility index (Phi) is 7.61. The van der Waals surface area contributed by atoms with E-state index in [0.717, 1.165) is 11.8 Å². The van der Waals surface area contributed by atoms with E-state index in [4.69, 9.17) is 5.11 Å². The van der Waals surface area contributed by atoms with Crippen LogP contribution in [0.15, 0.2) is 18.2 Å². The third-order valence-corrected chi connectivity index (χ3v) is 5.03. The van der Waals surface area contributed by atoms with Crippen LogP contribution in [0, 0.1) is 10.1 Å². The van der Waals surface area contributed by atoms with Gasteiger partial charge in [0.25, 0.3) is 0 Å². The molecule has 0 radical (unpaired) electrons. The van der Waals surface area contributed by atoms with Gasteiger partial charge in [-0.1, -0.05) is 0 Å². The maximum absolute atomic E-state index is 10.9. The van der Waals surface area contributed by atoms with Gasteiger partial charge in [0.1, 0.15) is 0 Å². The Morgan fingerprint density at radius 3 is 2.50 bits per heavy atom. The molecule has 1 N–H and O–H groups in total. The summed E-state index contributed by atoms with van der Waals surface area (Å²) >= 11 is -0.739. The fraction of sp³-hybridized carbons (Fsp3) is 0.417. The van der Waals surface area contributed by atoms with E-state index in [1.165, 1.54) is 12.1 Å². The summed E-state index contributed by atoms with van der Waals surface area (Å²) in [7, 11) is 1.86. The minimum atomic E-state index is -1.28. The van der Waals surface area contributed by atoms with Gasteiger partial charge in [-0.2, -0.15) is 0 Å². The molecule has 0 atom stereocenters. The monoisotopic (exact) mass is 364 g/mol. The number of nitrogens with zero attached hydrogens (tertiary/aromatic N) is 2. The van der Waals surface area contributed by atoms with Gasteiger partial charge in [0.15, 0.2) is 0 Å². The van der Waals surface area contributed by atoms with Gasteiger partial charge in [0.05, 0.1) is 0 Å². The van der Waals surface area contributed by atoms with Crippen LogP contribution in [0.3, 0.4) is 0 Å². The molecule has 0 unspecified atom stereocenters. The van der Waals surface area contributed by atoms with E-state index < -0.39 is 25.5 Å². The van der Waals surface area contributed by atoms with Gasteiger partial charge in [-0.05, 0) is 0 Å². The molecule has 0 aliphatic carbocycles. The summed E-state index contributed by atoms with van der Waals surface area (Å²) in [5.41, 5.74) is 4.53. The Morgan fingerprint density at radius 1 is 1.45 bits per heavy atom. The minimum Gasteiger partial charge on any atom is -0.147 e. The van der Waals surface area contributed by atoms with Gasteiger partial charge in [-0.3, -0.25) is 0 Å². The number of carbonyl (C=O) groups is 1. The van der Waals surface area contributed by atoms with Crippen molar-refractivity contribution in [3.63, 3.8) is 0 Å². The summed E-state index contributed by atoms with van der Waals surface area (Å²) in [5.74, 6) is -1.28. The van der Waals surface area contributed by atoms with Crippen molar-refractivity contribution in [1.82, 2.24) is 0 Å². The second-order valence-corrected chi connectivity index (χ2v) is 9.96. The molecule has 0 spiro atoms. The van der Waals surface area contributed by atoms with Crippen LogP contribution in [0.5, 0.6) is 0 Å². The number of anilines is 1. The van der Waals surface area contributed by atoms with Crippen LogP contribution in [-0.2, 0) is 0 Å². The van der Waals surface area contributed by atoms with Crippen LogP contribution in [0.4, 0.5) is 11.4 Å². The number of rotatable bonds is 6. The summed E-state index contributed by atoms with van der Waals surface area (Å²) in [6, 6.07) is 4.23. The third kappa shape index (κ3) is 5.02.